The van der Waals surface area contributed by atoms with Crippen molar-refractivity contribution in [1.82, 2.24) is 5.32 Å². The van der Waals surface area contributed by atoms with Gasteiger partial charge in [0.05, 0.1) is 20.1 Å². The van der Waals surface area contributed by atoms with Gasteiger partial charge < -0.3 is 14.8 Å². The van der Waals surface area contributed by atoms with E-state index >= 15 is 0 Å². The van der Waals surface area contributed by atoms with Gasteiger partial charge in [0.25, 0.3) is 0 Å². The fraction of sp³-hybridized carbons (Fsp3) is 0.500. The molecule has 6 heteroatoms. The van der Waals surface area contributed by atoms with Gasteiger partial charge in [-0.25, -0.2) is 0 Å². The fourth-order valence-corrected chi connectivity index (χ4v) is 2.73. The van der Waals surface area contributed by atoms with Crippen LogP contribution >= 0.6 is 23.4 Å². The maximum atomic E-state index is 11.1. The van der Waals surface area contributed by atoms with Crippen LogP contribution < -0.4 is 5.32 Å². The molecular formula is C14H20ClNO3S. The second-order valence-electron chi connectivity index (χ2n) is 4.10. The van der Waals surface area contributed by atoms with Crippen molar-refractivity contribution in [2.24, 2.45) is 0 Å². The van der Waals surface area contributed by atoms with E-state index in [4.69, 9.17) is 16.3 Å². The highest BCUT2D eigenvalue weighted by molar-refractivity contribution is 7.99. The number of thioether (sulfide) groups is 1. The molecule has 0 aromatic heterocycles. The standard InChI is InChI=1S/C14H20ClNO3S/c1-18-7-6-16-10-11-9-12(15)3-4-13(11)20-8-5-14(17)19-2/h3-4,9,16H,5-8,10H2,1-2H3. The van der Waals surface area contributed by atoms with E-state index in [0.29, 0.717) is 23.8 Å². The van der Waals surface area contributed by atoms with Crippen molar-refractivity contribution in [3.8, 4) is 0 Å². The largest absolute Gasteiger partial charge is 0.469 e. The van der Waals surface area contributed by atoms with Crippen molar-refractivity contribution in [2.45, 2.75) is 17.9 Å². The van der Waals surface area contributed by atoms with Gasteiger partial charge in [-0.1, -0.05) is 11.6 Å². The lowest BCUT2D eigenvalue weighted by Crippen LogP contribution is -2.19. The second kappa shape index (κ2) is 10.0. The van der Waals surface area contributed by atoms with E-state index in [1.807, 2.05) is 18.2 Å². The summed E-state index contributed by atoms with van der Waals surface area (Å²) in [5.41, 5.74) is 1.13. The Hall–Kier alpha value is -0.750. The molecule has 112 valence electrons. The average Bonchev–Trinajstić information content (AvgIpc) is 2.45. The SMILES string of the molecule is COCCNCc1cc(Cl)ccc1SCCC(=O)OC. The summed E-state index contributed by atoms with van der Waals surface area (Å²) in [6, 6.07) is 5.79. The lowest BCUT2D eigenvalue weighted by molar-refractivity contribution is -0.140. The summed E-state index contributed by atoms with van der Waals surface area (Å²) in [5.74, 6) is 0.505. The number of hydrogen-bond donors (Lipinski definition) is 1. The van der Waals surface area contributed by atoms with Gasteiger partial charge in [0.1, 0.15) is 0 Å². The Kier molecular flexibility index (Phi) is 8.69. The number of nitrogens with one attached hydrogen (secondary N) is 1. The molecule has 1 aromatic rings. The van der Waals surface area contributed by atoms with Crippen LogP contribution in [0.2, 0.25) is 5.02 Å². The molecule has 0 saturated heterocycles. The summed E-state index contributed by atoms with van der Waals surface area (Å²) in [6.45, 7) is 2.19. The van der Waals surface area contributed by atoms with Crippen LogP contribution in [0.5, 0.6) is 0 Å². The van der Waals surface area contributed by atoms with Gasteiger partial charge in [0.15, 0.2) is 0 Å². The van der Waals surface area contributed by atoms with Crippen molar-refractivity contribution < 1.29 is 14.3 Å². The number of benzene rings is 1. The van der Waals surface area contributed by atoms with Gasteiger partial charge in [-0.2, -0.15) is 0 Å². The molecule has 0 aliphatic carbocycles. The van der Waals surface area contributed by atoms with Crippen LogP contribution in [0.3, 0.4) is 0 Å². The monoisotopic (exact) mass is 317 g/mol. The minimum atomic E-state index is -0.189. The summed E-state index contributed by atoms with van der Waals surface area (Å²) in [4.78, 5) is 12.2. The first-order valence-electron chi connectivity index (χ1n) is 6.35. The molecule has 0 bridgehead atoms. The van der Waals surface area contributed by atoms with E-state index in [1.54, 1.807) is 18.9 Å². The summed E-state index contributed by atoms with van der Waals surface area (Å²) in [6.07, 6.45) is 0.403. The number of carbonyl (C=O) groups is 1. The molecular weight excluding hydrogens is 298 g/mol. The van der Waals surface area contributed by atoms with Gasteiger partial charge in [0.2, 0.25) is 0 Å². The number of carbonyl (C=O) groups excluding carboxylic acids is 1. The summed E-state index contributed by atoms with van der Waals surface area (Å²) >= 11 is 7.66. The van der Waals surface area contributed by atoms with Crippen LogP contribution in [0, 0.1) is 0 Å². The van der Waals surface area contributed by atoms with Crippen LogP contribution in [0.4, 0.5) is 0 Å². The number of hydrogen-bond acceptors (Lipinski definition) is 5. The van der Waals surface area contributed by atoms with E-state index in [-0.39, 0.29) is 5.97 Å². The van der Waals surface area contributed by atoms with Crippen molar-refractivity contribution in [1.29, 1.82) is 0 Å². The number of ether oxygens (including phenoxy) is 2. The van der Waals surface area contributed by atoms with E-state index < -0.39 is 0 Å². The highest BCUT2D eigenvalue weighted by Crippen LogP contribution is 2.26. The van der Waals surface area contributed by atoms with Crippen LogP contribution in [-0.2, 0) is 20.8 Å². The lowest BCUT2D eigenvalue weighted by Gasteiger charge is -2.10. The molecule has 20 heavy (non-hydrogen) atoms. The average molecular weight is 318 g/mol. The summed E-state index contributed by atoms with van der Waals surface area (Å²) < 4.78 is 9.62. The molecule has 0 fully saturated rings. The van der Waals surface area contributed by atoms with Crippen molar-refractivity contribution in [3.63, 3.8) is 0 Å². The Morgan fingerprint density at radius 3 is 2.90 bits per heavy atom. The van der Waals surface area contributed by atoms with Crippen LogP contribution in [0.15, 0.2) is 23.1 Å². The maximum absolute atomic E-state index is 11.1. The van der Waals surface area contributed by atoms with Crippen molar-refractivity contribution >= 4 is 29.3 Å². The van der Waals surface area contributed by atoms with Crippen LogP contribution in [0.1, 0.15) is 12.0 Å². The highest BCUT2D eigenvalue weighted by atomic mass is 35.5. The maximum Gasteiger partial charge on any atom is 0.306 e. The van der Waals surface area contributed by atoms with E-state index in [1.165, 1.54) is 7.11 Å². The smallest absolute Gasteiger partial charge is 0.306 e. The van der Waals surface area contributed by atoms with E-state index in [9.17, 15) is 4.79 Å². The van der Waals surface area contributed by atoms with Gasteiger partial charge >= 0.3 is 5.97 Å². The minimum Gasteiger partial charge on any atom is -0.469 e. The fourth-order valence-electron chi connectivity index (χ4n) is 1.57. The molecule has 0 unspecified atom stereocenters. The highest BCUT2D eigenvalue weighted by Gasteiger charge is 2.06. The van der Waals surface area contributed by atoms with Crippen LogP contribution in [-0.4, -0.2) is 39.1 Å². The molecule has 0 atom stereocenters. The molecule has 0 radical (unpaired) electrons. The summed E-state index contributed by atoms with van der Waals surface area (Å²) in [5, 5.41) is 4.01. The first kappa shape index (κ1) is 17.3. The quantitative estimate of drug-likeness (QED) is 0.431. The molecule has 0 aliphatic heterocycles. The molecule has 1 rings (SSSR count). The molecule has 0 heterocycles. The number of halogens is 1. The van der Waals surface area contributed by atoms with Crippen molar-refractivity contribution in [2.75, 3.05) is 33.1 Å². The predicted molar refractivity (Wildman–Crippen MR) is 82.4 cm³/mol. The third kappa shape index (κ3) is 6.61. The second-order valence-corrected chi connectivity index (χ2v) is 5.67. The number of esters is 1. The Bertz CT molecular complexity index is 429. The zero-order valence-electron chi connectivity index (χ0n) is 11.8. The van der Waals surface area contributed by atoms with Crippen LogP contribution in [0.25, 0.3) is 0 Å². The molecule has 0 amide bonds. The third-order valence-corrected chi connectivity index (χ3v) is 3.96. The van der Waals surface area contributed by atoms with Gasteiger partial charge in [-0.05, 0) is 23.8 Å². The third-order valence-electron chi connectivity index (χ3n) is 2.61. The molecule has 0 saturated carbocycles. The topological polar surface area (TPSA) is 47.6 Å². The Labute approximate surface area is 129 Å². The normalized spacial score (nSPS) is 10.6. The first-order chi connectivity index (χ1) is 9.67. The predicted octanol–water partition coefficient (Wildman–Crippen LogP) is 2.73. The lowest BCUT2D eigenvalue weighted by atomic mass is 10.2. The zero-order chi connectivity index (χ0) is 14.8. The van der Waals surface area contributed by atoms with Gasteiger partial charge in [-0.15, -0.1) is 11.8 Å². The molecule has 0 aliphatic rings. The Morgan fingerprint density at radius 2 is 2.20 bits per heavy atom. The summed E-state index contributed by atoms with van der Waals surface area (Å²) in [7, 11) is 3.08. The Morgan fingerprint density at radius 1 is 1.40 bits per heavy atom. The minimum absolute atomic E-state index is 0.189. The first-order valence-corrected chi connectivity index (χ1v) is 7.71. The number of rotatable bonds is 9. The molecule has 1 aromatic carbocycles. The van der Waals surface area contributed by atoms with E-state index in [2.05, 4.69) is 10.1 Å². The molecule has 1 N–H and O–H groups in total. The number of methoxy groups -OCH3 is 2. The van der Waals surface area contributed by atoms with Gasteiger partial charge in [0, 0.05) is 35.9 Å². The van der Waals surface area contributed by atoms with E-state index in [0.717, 1.165) is 23.5 Å². The molecule has 4 nitrogen and oxygen atoms in total. The molecule has 0 spiro atoms. The Balaban J connectivity index is 2.53. The van der Waals surface area contributed by atoms with Gasteiger partial charge in [-0.3, -0.25) is 4.79 Å². The van der Waals surface area contributed by atoms with Crippen molar-refractivity contribution in [3.05, 3.63) is 28.8 Å². The zero-order valence-corrected chi connectivity index (χ0v) is 13.4.